The third kappa shape index (κ3) is 5.60. The summed E-state index contributed by atoms with van der Waals surface area (Å²) in [5.41, 5.74) is 0.450. The summed E-state index contributed by atoms with van der Waals surface area (Å²) >= 11 is 0. The molecule has 6 nitrogen and oxygen atoms in total. The summed E-state index contributed by atoms with van der Waals surface area (Å²) in [5.74, 6) is 0.285. The van der Waals surface area contributed by atoms with Gasteiger partial charge in [-0.15, -0.1) is 0 Å². The van der Waals surface area contributed by atoms with Crippen molar-refractivity contribution in [3.05, 3.63) is 29.8 Å². The van der Waals surface area contributed by atoms with E-state index in [0.717, 1.165) is 0 Å². The topological polar surface area (TPSA) is 76.7 Å². The van der Waals surface area contributed by atoms with Crippen molar-refractivity contribution in [3.8, 4) is 5.75 Å². The van der Waals surface area contributed by atoms with Crippen molar-refractivity contribution < 1.29 is 19.1 Å². The molecule has 0 atom stereocenters. The van der Waals surface area contributed by atoms with Gasteiger partial charge in [-0.3, -0.25) is 0 Å². The Hall–Kier alpha value is -2.24. The molecular formula is C14H20N2O4. The summed E-state index contributed by atoms with van der Waals surface area (Å²) < 4.78 is 10.3. The Morgan fingerprint density at radius 3 is 2.40 bits per heavy atom. The summed E-state index contributed by atoms with van der Waals surface area (Å²) in [7, 11) is 0. The first-order valence-electron chi connectivity index (χ1n) is 6.59. The van der Waals surface area contributed by atoms with Crippen LogP contribution in [0.1, 0.15) is 24.2 Å². The molecule has 1 rings (SSSR count). The Morgan fingerprint density at radius 2 is 1.80 bits per heavy atom. The van der Waals surface area contributed by atoms with Crippen LogP contribution in [0.15, 0.2) is 24.3 Å². The van der Waals surface area contributed by atoms with Gasteiger partial charge in [-0.25, -0.2) is 9.59 Å². The van der Waals surface area contributed by atoms with E-state index in [1.807, 2.05) is 13.8 Å². The first-order chi connectivity index (χ1) is 9.67. The highest BCUT2D eigenvalue weighted by Crippen LogP contribution is 2.12. The summed E-state index contributed by atoms with van der Waals surface area (Å²) in [6.07, 6.45) is 0. The van der Waals surface area contributed by atoms with Crippen molar-refractivity contribution in [2.75, 3.05) is 26.3 Å². The molecule has 0 aliphatic heterocycles. The molecule has 0 saturated carbocycles. The Labute approximate surface area is 118 Å². The predicted molar refractivity (Wildman–Crippen MR) is 75.0 cm³/mol. The van der Waals surface area contributed by atoms with Crippen molar-refractivity contribution in [1.82, 2.24) is 10.6 Å². The summed E-state index contributed by atoms with van der Waals surface area (Å²) in [6.45, 7) is 5.25. The molecule has 0 bridgehead atoms. The Kier molecular flexibility index (Phi) is 6.95. The van der Waals surface area contributed by atoms with Gasteiger partial charge in [0.15, 0.2) is 0 Å². The monoisotopic (exact) mass is 280 g/mol. The van der Waals surface area contributed by atoms with E-state index in [9.17, 15) is 9.59 Å². The second-order valence-electron chi connectivity index (χ2n) is 3.88. The summed E-state index contributed by atoms with van der Waals surface area (Å²) in [5, 5.41) is 5.15. The molecule has 0 unspecified atom stereocenters. The van der Waals surface area contributed by atoms with Gasteiger partial charge < -0.3 is 20.1 Å². The SMILES string of the molecule is CCNC(=O)NCCOC(=O)c1ccc(OCC)cc1. The van der Waals surface area contributed by atoms with Crippen LogP contribution in [0.25, 0.3) is 0 Å². The molecule has 1 aromatic rings. The lowest BCUT2D eigenvalue weighted by atomic mass is 10.2. The quantitative estimate of drug-likeness (QED) is 0.587. The van der Waals surface area contributed by atoms with Gasteiger partial charge in [0.05, 0.1) is 18.7 Å². The van der Waals surface area contributed by atoms with E-state index in [-0.39, 0.29) is 19.2 Å². The Morgan fingerprint density at radius 1 is 1.10 bits per heavy atom. The molecule has 0 aromatic heterocycles. The normalized spacial score (nSPS) is 9.70. The number of benzene rings is 1. The van der Waals surface area contributed by atoms with Gasteiger partial charge in [0.1, 0.15) is 12.4 Å². The van der Waals surface area contributed by atoms with Gasteiger partial charge >= 0.3 is 12.0 Å². The second-order valence-corrected chi connectivity index (χ2v) is 3.88. The first-order valence-corrected chi connectivity index (χ1v) is 6.59. The van der Waals surface area contributed by atoms with E-state index in [2.05, 4.69) is 10.6 Å². The van der Waals surface area contributed by atoms with E-state index < -0.39 is 5.97 Å². The number of esters is 1. The number of rotatable bonds is 7. The van der Waals surface area contributed by atoms with Gasteiger partial charge in [-0.2, -0.15) is 0 Å². The molecule has 0 radical (unpaired) electrons. The Balaban J connectivity index is 2.30. The van der Waals surface area contributed by atoms with Crippen LogP contribution in [-0.2, 0) is 4.74 Å². The molecule has 110 valence electrons. The van der Waals surface area contributed by atoms with Crippen molar-refractivity contribution in [3.63, 3.8) is 0 Å². The average Bonchev–Trinajstić information content (AvgIpc) is 2.45. The molecule has 0 fully saturated rings. The molecular weight excluding hydrogens is 260 g/mol. The third-order valence-corrected chi connectivity index (χ3v) is 2.36. The number of hydrogen-bond donors (Lipinski definition) is 2. The largest absolute Gasteiger partial charge is 0.494 e. The van der Waals surface area contributed by atoms with E-state index in [4.69, 9.17) is 9.47 Å². The van der Waals surface area contributed by atoms with Crippen LogP contribution in [0.5, 0.6) is 5.75 Å². The number of nitrogens with one attached hydrogen (secondary N) is 2. The molecule has 6 heteroatoms. The summed E-state index contributed by atoms with van der Waals surface area (Å²) in [6, 6.07) is 6.44. The second kappa shape index (κ2) is 8.79. The lowest BCUT2D eigenvalue weighted by Gasteiger charge is -2.08. The van der Waals surface area contributed by atoms with Gasteiger partial charge in [0.25, 0.3) is 0 Å². The zero-order valence-electron chi connectivity index (χ0n) is 11.8. The lowest BCUT2D eigenvalue weighted by Crippen LogP contribution is -2.37. The maximum absolute atomic E-state index is 11.7. The Bertz CT molecular complexity index is 431. The van der Waals surface area contributed by atoms with Crippen molar-refractivity contribution in [1.29, 1.82) is 0 Å². The molecule has 0 spiro atoms. The van der Waals surface area contributed by atoms with Crippen LogP contribution in [-0.4, -0.2) is 38.3 Å². The molecule has 2 amide bonds. The fourth-order valence-corrected chi connectivity index (χ4v) is 1.47. The molecule has 2 N–H and O–H groups in total. The number of ether oxygens (including phenoxy) is 2. The predicted octanol–water partition coefficient (Wildman–Crippen LogP) is 1.56. The third-order valence-electron chi connectivity index (χ3n) is 2.36. The van der Waals surface area contributed by atoms with Crippen LogP contribution < -0.4 is 15.4 Å². The fraction of sp³-hybridized carbons (Fsp3) is 0.429. The van der Waals surface area contributed by atoms with Gasteiger partial charge in [0.2, 0.25) is 0 Å². The minimum atomic E-state index is -0.425. The fourth-order valence-electron chi connectivity index (χ4n) is 1.47. The number of carbonyl (C=O) groups excluding carboxylic acids is 2. The average molecular weight is 280 g/mol. The molecule has 0 heterocycles. The number of hydrogen-bond acceptors (Lipinski definition) is 4. The van der Waals surface area contributed by atoms with Crippen LogP contribution in [0.4, 0.5) is 4.79 Å². The van der Waals surface area contributed by atoms with Crippen LogP contribution in [0.3, 0.4) is 0 Å². The molecule has 20 heavy (non-hydrogen) atoms. The van der Waals surface area contributed by atoms with Crippen molar-refractivity contribution >= 4 is 12.0 Å². The minimum Gasteiger partial charge on any atom is -0.494 e. The van der Waals surface area contributed by atoms with Crippen LogP contribution >= 0.6 is 0 Å². The van der Waals surface area contributed by atoms with Crippen molar-refractivity contribution in [2.24, 2.45) is 0 Å². The first kappa shape index (κ1) is 15.8. The van der Waals surface area contributed by atoms with E-state index >= 15 is 0 Å². The highest BCUT2D eigenvalue weighted by atomic mass is 16.5. The lowest BCUT2D eigenvalue weighted by molar-refractivity contribution is 0.0510. The van der Waals surface area contributed by atoms with E-state index in [1.165, 1.54) is 0 Å². The van der Waals surface area contributed by atoms with Crippen LogP contribution in [0, 0.1) is 0 Å². The van der Waals surface area contributed by atoms with Crippen LogP contribution in [0.2, 0.25) is 0 Å². The smallest absolute Gasteiger partial charge is 0.338 e. The molecule has 0 aliphatic carbocycles. The highest BCUT2D eigenvalue weighted by molar-refractivity contribution is 5.89. The van der Waals surface area contributed by atoms with Gasteiger partial charge in [-0.05, 0) is 38.1 Å². The number of carbonyl (C=O) groups is 2. The van der Waals surface area contributed by atoms with Crippen molar-refractivity contribution in [2.45, 2.75) is 13.8 Å². The molecule has 0 aliphatic rings. The maximum Gasteiger partial charge on any atom is 0.338 e. The minimum absolute atomic E-state index is 0.128. The number of urea groups is 1. The standard InChI is InChI=1S/C14H20N2O4/c1-3-15-14(18)16-9-10-20-13(17)11-5-7-12(8-6-11)19-4-2/h5-8H,3-4,9-10H2,1-2H3,(H2,15,16,18). The van der Waals surface area contributed by atoms with E-state index in [0.29, 0.717) is 24.5 Å². The zero-order valence-corrected chi connectivity index (χ0v) is 11.8. The molecule has 0 saturated heterocycles. The van der Waals surface area contributed by atoms with E-state index in [1.54, 1.807) is 24.3 Å². The highest BCUT2D eigenvalue weighted by Gasteiger charge is 2.07. The number of amides is 2. The van der Waals surface area contributed by atoms with Gasteiger partial charge in [-0.1, -0.05) is 0 Å². The maximum atomic E-state index is 11.7. The van der Waals surface area contributed by atoms with Gasteiger partial charge in [0, 0.05) is 6.54 Å². The molecule has 1 aromatic carbocycles. The summed E-state index contributed by atoms with van der Waals surface area (Å²) in [4.78, 5) is 22.8. The zero-order chi connectivity index (χ0) is 14.8.